The Morgan fingerprint density at radius 1 is 1.25 bits per heavy atom. The van der Waals surface area contributed by atoms with Crippen LogP contribution in [0.1, 0.15) is 39.2 Å². The number of halogens is 1. The molecule has 0 saturated heterocycles. The molecule has 0 heterocycles. The van der Waals surface area contributed by atoms with Crippen LogP contribution in [0.3, 0.4) is 0 Å². The van der Waals surface area contributed by atoms with E-state index < -0.39 is 5.60 Å². The molecule has 1 aromatic carbocycles. The Balaban J connectivity index is 2.46. The molecule has 0 atom stereocenters. The maximum atomic E-state index is 11.8. The SMILES string of the molecule is Cc1cc(Cl)ccc1NC(=O)CCC(=O)OC(C)(C)C. The first-order valence-electron chi connectivity index (χ1n) is 6.45. The zero-order valence-electron chi connectivity index (χ0n) is 12.2. The van der Waals surface area contributed by atoms with Crippen molar-refractivity contribution in [3.8, 4) is 0 Å². The lowest BCUT2D eigenvalue weighted by molar-refractivity contribution is -0.155. The number of amides is 1. The highest BCUT2D eigenvalue weighted by Gasteiger charge is 2.17. The molecule has 5 heteroatoms. The molecule has 1 aromatic rings. The highest BCUT2D eigenvalue weighted by molar-refractivity contribution is 6.30. The second-order valence-corrected chi connectivity index (χ2v) is 6.03. The largest absolute Gasteiger partial charge is 0.460 e. The second-order valence-electron chi connectivity index (χ2n) is 5.59. The van der Waals surface area contributed by atoms with Crippen molar-refractivity contribution < 1.29 is 14.3 Å². The van der Waals surface area contributed by atoms with E-state index in [1.54, 1.807) is 39.0 Å². The zero-order chi connectivity index (χ0) is 15.3. The van der Waals surface area contributed by atoms with Gasteiger partial charge in [0.2, 0.25) is 5.91 Å². The maximum absolute atomic E-state index is 11.8. The normalized spacial score (nSPS) is 11.1. The van der Waals surface area contributed by atoms with E-state index in [1.165, 1.54) is 0 Å². The van der Waals surface area contributed by atoms with Gasteiger partial charge < -0.3 is 10.1 Å². The van der Waals surface area contributed by atoms with Gasteiger partial charge in [-0.2, -0.15) is 0 Å². The standard InChI is InChI=1S/C15H20ClNO3/c1-10-9-11(16)5-6-12(10)17-13(18)7-8-14(19)20-15(2,3)4/h5-6,9H,7-8H2,1-4H3,(H,17,18). The Labute approximate surface area is 124 Å². The van der Waals surface area contributed by atoms with Crippen molar-refractivity contribution in [2.75, 3.05) is 5.32 Å². The smallest absolute Gasteiger partial charge is 0.306 e. The number of anilines is 1. The summed E-state index contributed by atoms with van der Waals surface area (Å²) < 4.78 is 5.14. The van der Waals surface area contributed by atoms with E-state index in [0.717, 1.165) is 5.56 Å². The molecular weight excluding hydrogens is 278 g/mol. The summed E-state index contributed by atoms with van der Waals surface area (Å²) >= 11 is 5.84. The van der Waals surface area contributed by atoms with Crippen LogP contribution < -0.4 is 5.32 Å². The minimum Gasteiger partial charge on any atom is -0.460 e. The minimum atomic E-state index is -0.527. The van der Waals surface area contributed by atoms with Crippen LogP contribution in [-0.2, 0) is 14.3 Å². The molecule has 1 amide bonds. The first kappa shape index (κ1) is 16.5. The first-order valence-corrected chi connectivity index (χ1v) is 6.83. The number of ether oxygens (including phenoxy) is 1. The van der Waals surface area contributed by atoms with Crippen molar-refractivity contribution in [2.45, 2.75) is 46.1 Å². The Bertz CT molecular complexity index is 506. The predicted octanol–water partition coefficient (Wildman–Crippen LogP) is 3.71. The summed E-state index contributed by atoms with van der Waals surface area (Å²) in [6, 6.07) is 5.21. The average molecular weight is 298 g/mol. The van der Waals surface area contributed by atoms with E-state index in [0.29, 0.717) is 10.7 Å². The van der Waals surface area contributed by atoms with Crippen LogP contribution in [0.2, 0.25) is 5.02 Å². The van der Waals surface area contributed by atoms with Gasteiger partial charge in [-0.15, -0.1) is 0 Å². The van der Waals surface area contributed by atoms with Gasteiger partial charge in [-0.1, -0.05) is 11.6 Å². The Kier molecular flexibility index (Phi) is 5.57. The summed E-state index contributed by atoms with van der Waals surface area (Å²) in [5.74, 6) is -0.596. The molecule has 0 radical (unpaired) electrons. The molecule has 0 aliphatic rings. The maximum Gasteiger partial charge on any atom is 0.306 e. The van der Waals surface area contributed by atoms with Gasteiger partial charge in [-0.05, 0) is 51.5 Å². The lowest BCUT2D eigenvalue weighted by atomic mass is 10.2. The molecule has 0 bridgehead atoms. The number of carbonyl (C=O) groups excluding carboxylic acids is 2. The Hall–Kier alpha value is -1.55. The number of esters is 1. The molecule has 1 N–H and O–H groups in total. The number of nitrogens with one attached hydrogen (secondary N) is 1. The molecule has 0 aliphatic heterocycles. The zero-order valence-corrected chi connectivity index (χ0v) is 13.0. The second kappa shape index (κ2) is 6.75. The van der Waals surface area contributed by atoms with Crippen LogP contribution in [-0.4, -0.2) is 17.5 Å². The fourth-order valence-electron chi connectivity index (χ4n) is 1.59. The van der Waals surface area contributed by atoms with Gasteiger partial charge in [0.25, 0.3) is 0 Å². The molecule has 0 unspecified atom stereocenters. The van der Waals surface area contributed by atoms with Crippen LogP contribution in [0.25, 0.3) is 0 Å². The molecular formula is C15H20ClNO3. The molecule has 0 aromatic heterocycles. The van der Waals surface area contributed by atoms with Gasteiger partial charge >= 0.3 is 5.97 Å². The summed E-state index contributed by atoms with van der Waals surface area (Å²) in [4.78, 5) is 23.3. The van der Waals surface area contributed by atoms with Gasteiger partial charge in [-0.3, -0.25) is 9.59 Å². The molecule has 20 heavy (non-hydrogen) atoms. The van der Waals surface area contributed by atoms with E-state index in [9.17, 15) is 9.59 Å². The summed E-state index contributed by atoms with van der Waals surface area (Å²) in [5, 5.41) is 3.37. The summed E-state index contributed by atoms with van der Waals surface area (Å²) in [6.07, 6.45) is 0.159. The summed E-state index contributed by atoms with van der Waals surface area (Å²) in [5.41, 5.74) is 1.05. The molecule has 4 nitrogen and oxygen atoms in total. The third kappa shape index (κ3) is 6.06. The van der Waals surface area contributed by atoms with Crippen molar-refractivity contribution in [3.63, 3.8) is 0 Å². The lowest BCUT2D eigenvalue weighted by Crippen LogP contribution is -2.24. The van der Waals surface area contributed by atoms with Crippen LogP contribution in [0.4, 0.5) is 5.69 Å². The minimum absolute atomic E-state index is 0.0652. The monoisotopic (exact) mass is 297 g/mol. The van der Waals surface area contributed by atoms with E-state index in [4.69, 9.17) is 16.3 Å². The highest BCUT2D eigenvalue weighted by atomic mass is 35.5. The third-order valence-corrected chi connectivity index (χ3v) is 2.67. The molecule has 1 rings (SSSR count). The fourth-order valence-corrected chi connectivity index (χ4v) is 1.81. The van der Waals surface area contributed by atoms with E-state index in [-0.39, 0.29) is 24.7 Å². The predicted molar refractivity (Wildman–Crippen MR) is 79.9 cm³/mol. The van der Waals surface area contributed by atoms with Crippen LogP contribution in [0.15, 0.2) is 18.2 Å². The summed E-state index contributed by atoms with van der Waals surface area (Å²) in [6.45, 7) is 7.24. The number of hydrogen-bond acceptors (Lipinski definition) is 3. The van der Waals surface area contributed by atoms with Gasteiger partial charge in [-0.25, -0.2) is 0 Å². The number of carbonyl (C=O) groups is 2. The quantitative estimate of drug-likeness (QED) is 0.862. The number of aryl methyl sites for hydroxylation is 1. The highest BCUT2D eigenvalue weighted by Crippen LogP contribution is 2.20. The lowest BCUT2D eigenvalue weighted by Gasteiger charge is -2.19. The molecule has 0 spiro atoms. The van der Waals surface area contributed by atoms with E-state index in [2.05, 4.69) is 5.32 Å². The molecule has 110 valence electrons. The van der Waals surface area contributed by atoms with Gasteiger partial charge in [0, 0.05) is 17.1 Å². The molecule has 0 fully saturated rings. The summed E-state index contributed by atoms with van der Waals surface area (Å²) in [7, 11) is 0. The van der Waals surface area contributed by atoms with Crippen molar-refractivity contribution in [3.05, 3.63) is 28.8 Å². The molecule has 0 saturated carbocycles. The van der Waals surface area contributed by atoms with Crippen LogP contribution >= 0.6 is 11.6 Å². The van der Waals surface area contributed by atoms with Crippen LogP contribution in [0, 0.1) is 6.92 Å². The van der Waals surface area contributed by atoms with Crippen molar-refractivity contribution in [2.24, 2.45) is 0 Å². The van der Waals surface area contributed by atoms with Gasteiger partial charge in [0.05, 0.1) is 6.42 Å². The Morgan fingerprint density at radius 2 is 1.90 bits per heavy atom. The van der Waals surface area contributed by atoms with Gasteiger partial charge in [0.15, 0.2) is 0 Å². The van der Waals surface area contributed by atoms with E-state index in [1.807, 2.05) is 6.92 Å². The Morgan fingerprint density at radius 3 is 2.45 bits per heavy atom. The van der Waals surface area contributed by atoms with Crippen molar-refractivity contribution in [1.82, 2.24) is 0 Å². The van der Waals surface area contributed by atoms with Crippen molar-refractivity contribution in [1.29, 1.82) is 0 Å². The number of hydrogen-bond donors (Lipinski definition) is 1. The first-order chi connectivity index (χ1) is 9.17. The van der Waals surface area contributed by atoms with E-state index >= 15 is 0 Å². The van der Waals surface area contributed by atoms with Crippen molar-refractivity contribution >= 4 is 29.2 Å². The average Bonchev–Trinajstić information content (AvgIpc) is 2.28. The van der Waals surface area contributed by atoms with Crippen LogP contribution in [0.5, 0.6) is 0 Å². The molecule has 0 aliphatic carbocycles. The third-order valence-electron chi connectivity index (χ3n) is 2.44. The topological polar surface area (TPSA) is 55.4 Å². The number of benzene rings is 1. The van der Waals surface area contributed by atoms with Gasteiger partial charge in [0.1, 0.15) is 5.60 Å². The fraction of sp³-hybridized carbons (Fsp3) is 0.467. The number of rotatable bonds is 4.